The van der Waals surface area contributed by atoms with Crippen LogP contribution in [0.25, 0.3) is 11.1 Å². The zero-order chi connectivity index (χ0) is 25.9. The molecule has 1 N–H and O–H groups in total. The van der Waals surface area contributed by atoms with E-state index in [0.29, 0.717) is 24.0 Å². The lowest BCUT2D eigenvalue weighted by molar-refractivity contribution is -0.274. The first-order valence-electron chi connectivity index (χ1n) is 11.5. The standard InChI is InChI=1S/C24H27F3N4O4S/c1-3-18-22(36(32,33)30-16-7-6-8-17(13-16)31-14-28-29-15-31)12-11-20(23(18)34-2)19-9-4-5-10-21(19)35-24(25,26)27/h4-5,9-12,14-17,30H,3,6-8,13H2,1-2H3/t16-,17+/m0/s1. The minimum atomic E-state index is -4.88. The fourth-order valence-electron chi connectivity index (χ4n) is 4.77. The molecule has 1 fully saturated rings. The molecule has 1 aromatic heterocycles. The number of nitrogens with one attached hydrogen (secondary N) is 1. The van der Waals surface area contributed by atoms with Crippen LogP contribution < -0.4 is 14.2 Å². The van der Waals surface area contributed by atoms with Crippen LogP contribution >= 0.6 is 0 Å². The van der Waals surface area contributed by atoms with E-state index in [9.17, 15) is 21.6 Å². The molecule has 36 heavy (non-hydrogen) atoms. The van der Waals surface area contributed by atoms with Crippen LogP contribution in [-0.4, -0.2) is 42.7 Å². The Labute approximate surface area is 207 Å². The van der Waals surface area contributed by atoms with E-state index >= 15 is 0 Å². The van der Waals surface area contributed by atoms with Gasteiger partial charge in [-0.1, -0.05) is 25.1 Å². The largest absolute Gasteiger partial charge is 0.573 e. The van der Waals surface area contributed by atoms with Crippen LogP contribution in [0.1, 0.15) is 44.2 Å². The monoisotopic (exact) mass is 524 g/mol. The molecule has 0 unspecified atom stereocenters. The Morgan fingerprint density at radius 2 is 1.81 bits per heavy atom. The average molecular weight is 525 g/mol. The lowest BCUT2D eigenvalue weighted by Crippen LogP contribution is -2.39. The molecule has 8 nitrogen and oxygen atoms in total. The minimum absolute atomic E-state index is 0.0336. The van der Waals surface area contributed by atoms with E-state index in [1.165, 1.54) is 37.4 Å². The molecule has 4 rings (SSSR count). The molecule has 2 aromatic carbocycles. The van der Waals surface area contributed by atoms with Crippen LogP contribution in [0.5, 0.6) is 11.5 Å². The Kier molecular flexibility index (Phi) is 7.55. The number of alkyl halides is 3. The van der Waals surface area contributed by atoms with Gasteiger partial charge in [-0.25, -0.2) is 13.1 Å². The first kappa shape index (κ1) is 26.0. The Morgan fingerprint density at radius 3 is 2.47 bits per heavy atom. The molecule has 0 bridgehead atoms. The third-order valence-electron chi connectivity index (χ3n) is 6.29. The van der Waals surface area contributed by atoms with Gasteiger partial charge in [0.2, 0.25) is 10.0 Å². The fraction of sp³-hybridized carbons (Fsp3) is 0.417. The number of hydrogen-bond acceptors (Lipinski definition) is 6. The fourth-order valence-corrected chi connectivity index (χ4v) is 6.35. The molecular formula is C24H27F3N4O4S. The highest BCUT2D eigenvalue weighted by molar-refractivity contribution is 7.89. The number of aromatic nitrogens is 3. The first-order valence-corrected chi connectivity index (χ1v) is 13.0. The smallest absolute Gasteiger partial charge is 0.496 e. The lowest BCUT2D eigenvalue weighted by atomic mass is 9.91. The third kappa shape index (κ3) is 5.65. The molecule has 0 spiro atoms. The molecule has 0 amide bonds. The number of hydrogen-bond donors (Lipinski definition) is 1. The summed E-state index contributed by atoms with van der Waals surface area (Å²) in [4.78, 5) is 0.0336. The van der Waals surface area contributed by atoms with Gasteiger partial charge in [-0.3, -0.25) is 0 Å². The Hall–Kier alpha value is -3.12. The van der Waals surface area contributed by atoms with Crippen molar-refractivity contribution in [3.05, 3.63) is 54.6 Å². The van der Waals surface area contributed by atoms with Crippen LogP contribution in [0.4, 0.5) is 13.2 Å². The van der Waals surface area contributed by atoms with Gasteiger partial charge in [-0.05, 0) is 50.3 Å². The van der Waals surface area contributed by atoms with Crippen molar-refractivity contribution < 1.29 is 31.1 Å². The number of ether oxygens (including phenoxy) is 2. The quantitative estimate of drug-likeness (QED) is 0.452. The van der Waals surface area contributed by atoms with Crippen LogP contribution in [0.2, 0.25) is 0 Å². The van der Waals surface area contributed by atoms with Gasteiger partial charge in [0, 0.05) is 28.8 Å². The second-order valence-electron chi connectivity index (χ2n) is 8.57. The first-order chi connectivity index (χ1) is 17.1. The molecule has 2 atom stereocenters. The summed E-state index contributed by atoms with van der Waals surface area (Å²) < 4.78 is 80.3. The minimum Gasteiger partial charge on any atom is -0.496 e. The topological polar surface area (TPSA) is 95.3 Å². The number of methoxy groups -OCH3 is 1. The van der Waals surface area contributed by atoms with E-state index < -0.39 is 22.1 Å². The van der Waals surface area contributed by atoms with Gasteiger partial charge < -0.3 is 14.0 Å². The van der Waals surface area contributed by atoms with E-state index in [2.05, 4.69) is 19.7 Å². The highest BCUT2D eigenvalue weighted by Gasteiger charge is 2.33. The average Bonchev–Trinajstić information content (AvgIpc) is 3.37. The van der Waals surface area contributed by atoms with E-state index in [-0.39, 0.29) is 34.7 Å². The van der Waals surface area contributed by atoms with E-state index in [1.54, 1.807) is 25.6 Å². The maximum Gasteiger partial charge on any atom is 0.573 e. The van der Waals surface area contributed by atoms with Crippen molar-refractivity contribution in [2.24, 2.45) is 0 Å². The van der Waals surface area contributed by atoms with Crippen molar-refractivity contribution in [3.8, 4) is 22.6 Å². The second kappa shape index (κ2) is 10.5. The predicted molar refractivity (Wildman–Crippen MR) is 126 cm³/mol. The summed E-state index contributed by atoms with van der Waals surface area (Å²) in [5.41, 5.74) is 0.816. The molecule has 1 aliphatic carbocycles. The maximum atomic E-state index is 13.5. The zero-order valence-electron chi connectivity index (χ0n) is 19.8. The summed E-state index contributed by atoms with van der Waals surface area (Å²) >= 11 is 0. The number of halogens is 3. The van der Waals surface area contributed by atoms with Crippen molar-refractivity contribution in [3.63, 3.8) is 0 Å². The zero-order valence-corrected chi connectivity index (χ0v) is 20.6. The van der Waals surface area contributed by atoms with Crippen LogP contribution in [0, 0.1) is 0 Å². The molecule has 3 aromatic rings. The van der Waals surface area contributed by atoms with Crippen LogP contribution in [0.15, 0.2) is 53.9 Å². The van der Waals surface area contributed by atoms with Crippen molar-refractivity contribution >= 4 is 10.0 Å². The summed E-state index contributed by atoms with van der Waals surface area (Å²) in [6.45, 7) is 1.77. The lowest BCUT2D eigenvalue weighted by Gasteiger charge is -2.30. The summed E-state index contributed by atoms with van der Waals surface area (Å²) in [5.74, 6) is -0.217. The summed E-state index contributed by atoms with van der Waals surface area (Å²) in [7, 11) is -2.59. The van der Waals surface area contributed by atoms with Crippen molar-refractivity contribution in [2.75, 3.05) is 7.11 Å². The van der Waals surface area contributed by atoms with Gasteiger partial charge in [0.1, 0.15) is 24.2 Å². The molecule has 0 radical (unpaired) electrons. The Bertz CT molecular complexity index is 1300. The predicted octanol–water partition coefficient (Wildman–Crippen LogP) is 4.88. The van der Waals surface area contributed by atoms with E-state index in [4.69, 9.17) is 4.74 Å². The molecule has 0 saturated heterocycles. The second-order valence-corrected chi connectivity index (χ2v) is 10.3. The van der Waals surface area contributed by atoms with Gasteiger partial charge in [0.25, 0.3) is 0 Å². The molecule has 1 saturated carbocycles. The summed E-state index contributed by atoms with van der Waals surface area (Å²) in [6, 6.07) is 8.34. The summed E-state index contributed by atoms with van der Waals surface area (Å²) in [6.07, 6.45) is 1.68. The molecule has 12 heteroatoms. The van der Waals surface area contributed by atoms with Gasteiger partial charge in [-0.2, -0.15) is 0 Å². The molecule has 194 valence electrons. The van der Waals surface area contributed by atoms with Gasteiger partial charge in [0.05, 0.1) is 12.0 Å². The van der Waals surface area contributed by atoms with Crippen LogP contribution in [0.3, 0.4) is 0 Å². The molecule has 0 aliphatic heterocycles. The highest BCUT2D eigenvalue weighted by Crippen LogP contribution is 2.42. The van der Waals surface area contributed by atoms with Crippen molar-refractivity contribution in [1.29, 1.82) is 0 Å². The molecule has 1 heterocycles. The number of nitrogens with zero attached hydrogens (tertiary/aromatic N) is 3. The van der Waals surface area contributed by atoms with Crippen molar-refractivity contribution in [1.82, 2.24) is 19.5 Å². The number of sulfonamides is 1. The van der Waals surface area contributed by atoms with E-state index in [0.717, 1.165) is 12.8 Å². The normalized spacial score (nSPS) is 18.7. The van der Waals surface area contributed by atoms with Gasteiger partial charge in [-0.15, -0.1) is 23.4 Å². The molecule has 1 aliphatic rings. The highest BCUT2D eigenvalue weighted by atomic mass is 32.2. The summed E-state index contributed by atoms with van der Waals surface area (Å²) in [5, 5.41) is 7.67. The van der Waals surface area contributed by atoms with Crippen molar-refractivity contribution in [2.45, 2.75) is 62.4 Å². The van der Waals surface area contributed by atoms with Gasteiger partial charge >= 0.3 is 6.36 Å². The third-order valence-corrected chi connectivity index (χ3v) is 7.90. The van der Waals surface area contributed by atoms with Gasteiger partial charge in [0.15, 0.2) is 0 Å². The number of benzene rings is 2. The maximum absolute atomic E-state index is 13.5. The van der Waals surface area contributed by atoms with E-state index in [1.807, 2.05) is 4.57 Å². The Morgan fingerprint density at radius 1 is 1.08 bits per heavy atom. The Balaban J connectivity index is 1.67. The number of rotatable bonds is 8. The number of para-hydroxylation sites is 1. The van der Waals surface area contributed by atoms with Crippen LogP contribution in [-0.2, 0) is 16.4 Å². The molecular weight excluding hydrogens is 497 g/mol. The SMILES string of the molecule is CCc1c(S(=O)(=O)N[C@H]2CCC[C@@H](n3cnnc3)C2)ccc(-c2ccccc2OC(F)(F)F)c1OC.